The molecule has 1 aromatic rings. The number of thiol groups is 1. The van der Waals surface area contributed by atoms with Crippen LogP contribution in [0.5, 0.6) is 0 Å². The van der Waals surface area contributed by atoms with Crippen molar-refractivity contribution in [3.63, 3.8) is 0 Å². The van der Waals surface area contributed by atoms with Crippen LogP contribution in [-0.2, 0) is 14.3 Å². The fraction of sp³-hybridized carbons (Fsp3) is 0.600. The number of ether oxygens (including phenoxy) is 2. The monoisotopic (exact) mass is 409 g/mol. The van der Waals surface area contributed by atoms with E-state index in [1.54, 1.807) is 11.8 Å². The Labute approximate surface area is 170 Å². The van der Waals surface area contributed by atoms with Gasteiger partial charge in [-0.3, -0.25) is 9.69 Å². The van der Waals surface area contributed by atoms with Gasteiger partial charge in [0.25, 0.3) is 0 Å². The Hall–Kier alpha value is -1.34. The molecule has 1 heterocycles. The molecule has 1 saturated heterocycles. The van der Waals surface area contributed by atoms with Gasteiger partial charge in [-0.25, -0.2) is 4.79 Å². The van der Waals surface area contributed by atoms with Crippen LogP contribution in [0.4, 0.5) is 4.79 Å². The van der Waals surface area contributed by atoms with Gasteiger partial charge in [0.05, 0.1) is 17.7 Å². The van der Waals surface area contributed by atoms with Crippen molar-refractivity contribution >= 4 is 36.5 Å². The molecule has 1 aromatic carbocycles. The predicted octanol–water partition coefficient (Wildman–Crippen LogP) is 4.29. The molecule has 1 amide bonds. The minimum absolute atomic E-state index is 0.00191. The highest BCUT2D eigenvalue weighted by atomic mass is 32.2. The van der Waals surface area contributed by atoms with E-state index >= 15 is 0 Å². The minimum atomic E-state index is -0.744. The summed E-state index contributed by atoms with van der Waals surface area (Å²) in [6.45, 7) is 1.87. The molecule has 0 radical (unpaired) electrons. The van der Waals surface area contributed by atoms with Gasteiger partial charge < -0.3 is 9.47 Å². The van der Waals surface area contributed by atoms with Gasteiger partial charge in [-0.15, -0.1) is 11.8 Å². The third-order valence-electron chi connectivity index (χ3n) is 5.59. The van der Waals surface area contributed by atoms with Crippen LogP contribution in [0.3, 0.4) is 0 Å². The molecule has 1 aliphatic carbocycles. The third-order valence-corrected chi connectivity index (χ3v) is 7.73. The van der Waals surface area contributed by atoms with Crippen LogP contribution in [0, 0.1) is 5.92 Å². The lowest BCUT2D eigenvalue weighted by atomic mass is 9.80. The molecule has 7 heteroatoms. The van der Waals surface area contributed by atoms with Crippen molar-refractivity contribution < 1.29 is 19.1 Å². The van der Waals surface area contributed by atoms with Gasteiger partial charge in [0.2, 0.25) is 5.91 Å². The zero-order valence-electron chi connectivity index (χ0n) is 15.8. The maximum Gasteiger partial charge on any atom is 0.509 e. The molecule has 0 N–H and O–H groups in total. The summed E-state index contributed by atoms with van der Waals surface area (Å²) in [7, 11) is 1.29. The van der Waals surface area contributed by atoms with Crippen LogP contribution >= 0.6 is 24.4 Å². The van der Waals surface area contributed by atoms with E-state index < -0.39 is 12.4 Å². The number of benzene rings is 1. The number of thioether (sulfide) groups is 1. The van der Waals surface area contributed by atoms with E-state index in [2.05, 4.69) is 41.6 Å². The van der Waals surface area contributed by atoms with Crippen molar-refractivity contribution in [3.8, 4) is 0 Å². The molecule has 1 aliphatic heterocycles. The maximum atomic E-state index is 13.1. The summed E-state index contributed by atoms with van der Waals surface area (Å²) in [6, 6.07) is 10.6. The Kier molecular flexibility index (Phi) is 6.63. The lowest BCUT2D eigenvalue weighted by Gasteiger charge is -2.44. The Bertz CT molecular complexity index is 661. The normalized spacial score (nSPS) is 28.8. The van der Waals surface area contributed by atoms with Crippen LogP contribution in [0.2, 0.25) is 0 Å². The Morgan fingerprint density at radius 1 is 1.30 bits per heavy atom. The van der Waals surface area contributed by atoms with Crippen molar-refractivity contribution in [3.05, 3.63) is 35.9 Å². The maximum absolute atomic E-state index is 13.1. The average molecular weight is 410 g/mol. The van der Waals surface area contributed by atoms with E-state index in [0.29, 0.717) is 17.4 Å². The van der Waals surface area contributed by atoms with Gasteiger partial charge in [-0.05, 0) is 37.2 Å². The first-order valence-electron chi connectivity index (χ1n) is 9.38. The van der Waals surface area contributed by atoms with Crippen molar-refractivity contribution in [1.29, 1.82) is 0 Å². The van der Waals surface area contributed by atoms with Crippen molar-refractivity contribution in [1.82, 2.24) is 4.90 Å². The van der Waals surface area contributed by atoms with E-state index in [0.717, 1.165) is 25.7 Å². The number of nitrogens with zero attached hydrogens (tertiary/aromatic N) is 1. The zero-order chi connectivity index (χ0) is 19.4. The van der Waals surface area contributed by atoms with E-state index in [-0.39, 0.29) is 16.7 Å². The Morgan fingerprint density at radius 2 is 1.96 bits per heavy atom. The van der Waals surface area contributed by atoms with Gasteiger partial charge in [0.15, 0.2) is 6.23 Å². The SMILES string of the molecule is COC(=O)O[C@@H]1CSC2(CCC(c3ccccc3)CC2)N1C(=O)[C@H](C)CS. The van der Waals surface area contributed by atoms with Crippen LogP contribution in [0.25, 0.3) is 0 Å². The molecule has 2 fully saturated rings. The smallest absolute Gasteiger partial charge is 0.438 e. The summed E-state index contributed by atoms with van der Waals surface area (Å²) in [6.07, 6.45) is 2.49. The summed E-state index contributed by atoms with van der Waals surface area (Å²) in [5.41, 5.74) is 1.36. The second-order valence-electron chi connectivity index (χ2n) is 7.26. The minimum Gasteiger partial charge on any atom is -0.438 e. The summed E-state index contributed by atoms with van der Waals surface area (Å²) in [4.78, 5) is 26.3. The van der Waals surface area contributed by atoms with E-state index in [1.807, 2.05) is 17.9 Å². The first-order valence-corrected chi connectivity index (χ1v) is 11.0. The number of amides is 1. The topological polar surface area (TPSA) is 55.8 Å². The van der Waals surface area contributed by atoms with Crippen molar-refractivity contribution in [2.24, 2.45) is 5.92 Å². The first kappa shape index (κ1) is 20.4. The molecule has 0 unspecified atom stereocenters. The quantitative estimate of drug-likeness (QED) is 0.594. The number of carbonyl (C=O) groups excluding carboxylic acids is 2. The Balaban J connectivity index is 1.78. The fourth-order valence-corrected chi connectivity index (χ4v) is 5.75. The van der Waals surface area contributed by atoms with Crippen LogP contribution in [0.15, 0.2) is 30.3 Å². The van der Waals surface area contributed by atoms with Gasteiger partial charge in [0.1, 0.15) is 0 Å². The van der Waals surface area contributed by atoms with Gasteiger partial charge in [-0.2, -0.15) is 12.6 Å². The highest BCUT2D eigenvalue weighted by molar-refractivity contribution is 8.00. The van der Waals surface area contributed by atoms with Crippen LogP contribution in [-0.4, -0.2) is 46.7 Å². The number of rotatable bonds is 4. The van der Waals surface area contributed by atoms with E-state index in [1.165, 1.54) is 12.7 Å². The summed E-state index contributed by atoms with van der Waals surface area (Å²) in [5, 5.41) is 0. The largest absolute Gasteiger partial charge is 0.509 e. The molecule has 5 nitrogen and oxygen atoms in total. The average Bonchev–Trinajstić information content (AvgIpc) is 3.05. The van der Waals surface area contributed by atoms with Crippen LogP contribution < -0.4 is 0 Å². The molecule has 148 valence electrons. The second-order valence-corrected chi connectivity index (χ2v) is 9.01. The van der Waals surface area contributed by atoms with Gasteiger partial charge in [0, 0.05) is 11.7 Å². The highest BCUT2D eigenvalue weighted by Crippen LogP contribution is 2.52. The standard InChI is InChI=1S/C20H27NO4S2/c1-14(12-26)18(22)21-17(25-19(23)24-2)13-27-20(21)10-8-16(9-11-20)15-6-4-3-5-7-15/h3-7,14,16-17,26H,8-13H2,1-2H3/t14-,16?,17-,20?/m1/s1. The lowest BCUT2D eigenvalue weighted by molar-refractivity contribution is -0.150. The Morgan fingerprint density at radius 3 is 2.56 bits per heavy atom. The lowest BCUT2D eigenvalue weighted by Crippen LogP contribution is -2.54. The highest BCUT2D eigenvalue weighted by Gasteiger charge is 2.53. The predicted molar refractivity (Wildman–Crippen MR) is 110 cm³/mol. The zero-order valence-corrected chi connectivity index (χ0v) is 17.5. The number of carbonyl (C=O) groups is 2. The molecule has 0 bridgehead atoms. The van der Waals surface area contributed by atoms with E-state index in [4.69, 9.17) is 4.74 Å². The fourth-order valence-electron chi connectivity index (χ4n) is 4.05. The van der Waals surface area contributed by atoms with Gasteiger partial charge >= 0.3 is 6.16 Å². The first-order chi connectivity index (χ1) is 13.0. The van der Waals surface area contributed by atoms with Crippen molar-refractivity contribution in [2.75, 3.05) is 18.6 Å². The molecule has 3 rings (SSSR count). The number of hydrogen-bond donors (Lipinski definition) is 1. The molecule has 2 atom stereocenters. The van der Waals surface area contributed by atoms with Crippen LogP contribution in [0.1, 0.15) is 44.1 Å². The molecule has 1 saturated carbocycles. The number of methoxy groups -OCH3 is 1. The molecule has 27 heavy (non-hydrogen) atoms. The third kappa shape index (κ3) is 4.24. The molecular weight excluding hydrogens is 382 g/mol. The van der Waals surface area contributed by atoms with Gasteiger partial charge in [-0.1, -0.05) is 37.3 Å². The van der Waals surface area contributed by atoms with E-state index in [9.17, 15) is 9.59 Å². The van der Waals surface area contributed by atoms with Crippen molar-refractivity contribution in [2.45, 2.75) is 49.6 Å². The second kappa shape index (κ2) is 8.78. The molecule has 1 spiro atoms. The molecular formula is C20H27NO4S2. The number of hydrogen-bond acceptors (Lipinski definition) is 6. The summed E-state index contributed by atoms with van der Waals surface area (Å²) >= 11 is 6.03. The molecule has 2 aliphatic rings. The molecule has 0 aromatic heterocycles. The summed E-state index contributed by atoms with van der Waals surface area (Å²) in [5.74, 6) is 1.34. The summed E-state index contributed by atoms with van der Waals surface area (Å²) < 4.78 is 10.1.